The molecule has 3 rings (SSSR count). The maximum Gasteiger partial charge on any atom is 0.255 e. The molecule has 2 aliphatic carbocycles. The molecule has 4 heteroatoms. The third kappa shape index (κ3) is 2.95. The Morgan fingerprint density at radius 3 is 2.70 bits per heavy atom. The van der Waals surface area contributed by atoms with Crippen LogP contribution in [0.3, 0.4) is 0 Å². The minimum absolute atomic E-state index is 0.0392. The summed E-state index contributed by atoms with van der Waals surface area (Å²) in [5.41, 5.74) is 1.28. The van der Waals surface area contributed by atoms with Gasteiger partial charge in [0, 0.05) is 5.92 Å². The number of ether oxygens (including phenoxy) is 1. The third-order valence-electron chi connectivity index (χ3n) is 4.45. The van der Waals surface area contributed by atoms with Gasteiger partial charge in [-0.1, -0.05) is 43.5 Å². The summed E-state index contributed by atoms with van der Waals surface area (Å²) in [6.07, 6.45) is 9.44. The number of aromatic nitrogens is 2. The Balaban J connectivity index is 1.61. The van der Waals surface area contributed by atoms with Gasteiger partial charge in [-0.15, -0.1) is 0 Å². The molecule has 1 heterocycles. The Morgan fingerprint density at radius 1 is 1.30 bits per heavy atom. The van der Waals surface area contributed by atoms with Crippen LogP contribution in [0.25, 0.3) is 0 Å². The van der Waals surface area contributed by atoms with E-state index in [9.17, 15) is 0 Å². The highest BCUT2D eigenvalue weighted by Crippen LogP contribution is 2.39. The Labute approximate surface area is 120 Å². The molecular weight excluding hydrogens is 252 g/mol. The molecule has 2 aliphatic rings. The average molecular weight is 276 g/mol. The maximum absolute atomic E-state index is 6.18. The first-order valence-corrected chi connectivity index (χ1v) is 7.92. The molecule has 0 aliphatic heterocycles. The van der Waals surface area contributed by atoms with Gasteiger partial charge >= 0.3 is 0 Å². The molecule has 1 atom stereocenters. The molecule has 0 radical (unpaired) electrons. The van der Waals surface area contributed by atoms with Gasteiger partial charge in [0.15, 0.2) is 5.82 Å². The molecule has 4 nitrogen and oxygen atoms in total. The molecule has 1 unspecified atom stereocenters. The summed E-state index contributed by atoms with van der Waals surface area (Å²) >= 11 is 0. The van der Waals surface area contributed by atoms with E-state index in [-0.39, 0.29) is 6.10 Å². The van der Waals surface area contributed by atoms with Gasteiger partial charge in [-0.2, -0.15) is 4.98 Å². The molecule has 0 aromatic carbocycles. The van der Waals surface area contributed by atoms with Crippen LogP contribution in [0.1, 0.15) is 82.0 Å². The van der Waals surface area contributed by atoms with Crippen molar-refractivity contribution in [3.8, 4) is 0 Å². The summed E-state index contributed by atoms with van der Waals surface area (Å²) < 4.78 is 11.6. The second-order valence-electron chi connectivity index (χ2n) is 6.14. The normalized spacial score (nSPS) is 22.8. The lowest BCUT2D eigenvalue weighted by atomic mass is 9.81. The van der Waals surface area contributed by atoms with E-state index in [0.717, 1.165) is 25.1 Å². The lowest BCUT2D eigenvalue weighted by Crippen LogP contribution is -2.20. The number of hydrogen-bond acceptors (Lipinski definition) is 4. The Morgan fingerprint density at radius 2 is 2.05 bits per heavy atom. The lowest BCUT2D eigenvalue weighted by Gasteiger charge is -2.25. The molecular formula is C16H24N2O2. The topological polar surface area (TPSA) is 48.2 Å². The molecule has 0 bridgehead atoms. The first kappa shape index (κ1) is 13.8. The largest absolute Gasteiger partial charge is 0.365 e. The number of rotatable bonds is 5. The summed E-state index contributed by atoms with van der Waals surface area (Å²) in [7, 11) is 0. The van der Waals surface area contributed by atoms with Gasteiger partial charge in [0.1, 0.15) is 6.10 Å². The van der Waals surface area contributed by atoms with Crippen molar-refractivity contribution in [2.45, 2.75) is 76.4 Å². The van der Waals surface area contributed by atoms with E-state index >= 15 is 0 Å². The van der Waals surface area contributed by atoms with Crippen molar-refractivity contribution in [2.75, 3.05) is 0 Å². The van der Waals surface area contributed by atoms with Crippen LogP contribution in [-0.4, -0.2) is 16.2 Å². The van der Waals surface area contributed by atoms with E-state index < -0.39 is 0 Å². The summed E-state index contributed by atoms with van der Waals surface area (Å²) in [6.45, 7) is 6.07. The molecule has 2 saturated carbocycles. The average Bonchev–Trinajstić information content (AvgIpc) is 2.91. The zero-order valence-electron chi connectivity index (χ0n) is 12.3. The fraction of sp³-hybridized carbons (Fsp3) is 0.750. The first-order valence-electron chi connectivity index (χ1n) is 7.92. The van der Waals surface area contributed by atoms with Gasteiger partial charge in [0.2, 0.25) is 0 Å². The van der Waals surface area contributed by atoms with Crippen molar-refractivity contribution in [3.63, 3.8) is 0 Å². The fourth-order valence-corrected chi connectivity index (χ4v) is 3.13. The Kier molecular flexibility index (Phi) is 4.20. The van der Waals surface area contributed by atoms with Crippen LogP contribution in [0.15, 0.2) is 16.7 Å². The zero-order chi connectivity index (χ0) is 13.9. The standard InChI is InChI=1S/C16H24N2O2/c1-3-14(19-13-7-5-4-6-8-13)16-17-15(18-20-16)12-9-11(2)10-12/h12-14H,2-10H2,1H3. The van der Waals surface area contributed by atoms with Crippen molar-refractivity contribution in [1.29, 1.82) is 0 Å². The van der Waals surface area contributed by atoms with Gasteiger partial charge in [-0.05, 0) is 32.1 Å². The summed E-state index contributed by atoms with van der Waals surface area (Å²) in [4.78, 5) is 4.56. The number of allylic oxidation sites excluding steroid dienone is 1. The van der Waals surface area contributed by atoms with Crippen LogP contribution >= 0.6 is 0 Å². The number of hydrogen-bond donors (Lipinski definition) is 0. The van der Waals surface area contributed by atoms with Crippen LogP contribution in [-0.2, 0) is 4.74 Å². The van der Waals surface area contributed by atoms with E-state index in [2.05, 4.69) is 23.6 Å². The van der Waals surface area contributed by atoms with E-state index in [0.29, 0.717) is 17.9 Å². The van der Waals surface area contributed by atoms with Crippen LogP contribution in [0, 0.1) is 0 Å². The Bertz CT molecular complexity index is 455. The van der Waals surface area contributed by atoms with E-state index in [1.54, 1.807) is 0 Å². The smallest absolute Gasteiger partial charge is 0.255 e. The van der Waals surface area contributed by atoms with Crippen molar-refractivity contribution in [2.24, 2.45) is 0 Å². The van der Waals surface area contributed by atoms with Crippen molar-refractivity contribution >= 4 is 0 Å². The van der Waals surface area contributed by atoms with Crippen LogP contribution in [0.5, 0.6) is 0 Å². The molecule has 110 valence electrons. The molecule has 1 aromatic heterocycles. The second kappa shape index (κ2) is 6.08. The van der Waals surface area contributed by atoms with Gasteiger partial charge in [0.25, 0.3) is 5.89 Å². The summed E-state index contributed by atoms with van der Waals surface area (Å²) in [5.74, 6) is 1.90. The van der Waals surface area contributed by atoms with E-state index in [1.165, 1.54) is 37.7 Å². The van der Waals surface area contributed by atoms with Crippen molar-refractivity contribution < 1.29 is 9.26 Å². The minimum Gasteiger partial charge on any atom is -0.365 e. The zero-order valence-corrected chi connectivity index (χ0v) is 12.3. The predicted molar refractivity (Wildman–Crippen MR) is 76.4 cm³/mol. The second-order valence-corrected chi connectivity index (χ2v) is 6.14. The summed E-state index contributed by atoms with van der Waals surface area (Å²) in [6, 6.07) is 0. The highest BCUT2D eigenvalue weighted by Gasteiger charge is 2.30. The molecule has 0 amide bonds. The van der Waals surface area contributed by atoms with E-state index in [4.69, 9.17) is 9.26 Å². The van der Waals surface area contributed by atoms with Crippen LogP contribution in [0.2, 0.25) is 0 Å². The Hall–Kier alpha value is -1.16. The third-order valence-corrected chi connectivity index (χ3v) is 4.45. The molecule has 0 N–H and O–H groups in total. The minimum atomic E-state index is -0.0392. The quantitative estimate of drug-likeness (QED) is 0.752. The van der Waals surface area contributed by atoms with Gasteiger partial charge in [-0.25, -0.2) is 0 Å². The van der Waals surface area contributed by atoms with Gasteiger partial charge < -0.3 is 9.26 Å². The highest BCUT2D eigenvalue weighted by atomic mass is 16.5. The monoisotopic (exact) mass is 276 g/mol. The summed E-state index contributed by atoms with van der Waals surface area (Å²) in [5, 5.41) is 4.13. The molecule has 0 saturated heterocycles. The first-order chi connectivity index (χ1) is 9.76. The van der Waals surface area contributed by atoms with E-state index in [1.807, 2.05) is 0 Å². The predicted octanol–water partition coefficient (Wildman–Crippen LogP) is 4.30. The SMILES string of the molecule is C=C1CC(c2noc(C(CC)OC3CCCCC3)n2)C1. The highest BCUT2D eigenvalue weighted by molar-refractivity contribution is 5.18. The molecule has 20 heavy (non-hydrogen) atoms. The van der Waals surface area contributed by atoms with Crippen molar-refractivity contribution in [3.05, 3.63) is 23.9 Å². The molecule has 0 spiro atoms. The van der Waals surface area contributed by atoms with Crippen LogP contribution < -0.4 is 0 Å². The number of nitrogens with zero attached hydrogens (tertiary/aromatic N) is 2. The maximum atomic E-state index is 6.18. The van der Waals surface area contributed by atoms with Crippen molar-refractivity contribution in [1.82, 2.24) is 10.1 Å². The molecule has 1 aromatic rings. The van der Waals surface area contributed by atoms with Gasteiger partial charge in [-0.3, -0.25) is 0 Å². The molecule has 2 fully saturated rings. The van der Waals surface area contributed by atoms with Gasteiger partial charge in [0.05, 0.1) is 6.10 Å². The van der Waals surface area contributed by atoms with Crippen LogP contribution in [0.4, 0.5) is 0 Å². The lowest BCUT2D eigenvalue weighted by molar-refractivity contribution is -0.0468. The fourth-order valence-electron chi connectivity index (χ4n) is 3.13.